The quantitative estimate of drug-likeness (QED) is 0.651. The predicted molar refractivity (Wildman–Crippen MR) is 108 cm³/mol. The SMILES string of the molecule is Fc1ccc2c(C3CCN(CCCN4Cc5ccccc5C4)CC3)noc2c1. The first-order valence-electron chi connectivity index (χ1n) is 10.3. The fraction of sp³-hybridized carbons (Fsp3) is 0.435. The molecule has 0 saturated carbocycles. The van der Waals surface area contributed by atoms with Crippen molar-refractivity contribution >= 4 is 11.0 Å². The van der Waals surface area contributed by atoms with Crippen LogP contribution in [0.1, 0.15) is 42.0 Å². The van der Waals surface area contributed by atoms with Crippen LogP contribution >= 0.6 is 0 Å². The maximum atomic E-state index is 13.3. The lowest BCUT2D eigenvalue weighted by Crippen LogP contribution is -2.35. The Bertz CT molecular complexity index is 936. The molecule has 3 aromatic rings. The standard InChI is InChI=1S/C23H26FN3O/c24-20-6-7-21-22(14-20)28-25-23(21)17-8-12-26(13-9-17)10-3-11-27-15-18-4-1-2-5-19(18)16-27/h1-2,4-7,14,17H,3,8-13,15-16H2. The first-order valence-corrected chi connectivity index (χ1v) is 10.3. The van der Waals surface area contributed by atoms with Crippen LogP contribution in [0.15, 0.2) is 47.0 Å². The van der Waals surface area contributed by atoms with E-state index in [1.807, 2.05) is 0 Å². The third kappa shape index (κ3) is 3.56. The highest BCUT2D eigenvalue weighted by molar-refractivity contribution is 5.79. The summed E-state index contributed by atoms with van der Waals surface area (Å²) in [7, 11) is 0. The van der Waals surface area contributed by atoms with Gasteiger partial charge in [-0.15, -0.1) is 0 Å². The molecule has 3 heterocycles. The van der Waals surface area contributed by atoms with E-state index in [0.29, 0.717) is 11.5 Å². The third-order valence-electron chi connectivity index (χ3n) is 6.29. The van der Waals surface area contributed by atoms with Crippen molar-refractivity contribution in [1.29, 1.82) is 0 Å². The molecule has 0 aliphatic carbocycles. The second-order valence-electron chi connectivity index (χ2n) is 8.16. The van der Waals surface area contributed by atoms with E-state index < -0.39 is 0 Å². The Kier molecular flexibility index (Phi) is 4.87. The van der Waals surface area contributed by atoms with E-state index in [2.05, 4.69) is 39.2 Å². The van der Waals surface area contributed by atoms with Gasteiger partial charge >= 0.3 is 0 Å². The van der Waals surface area contributed by atoms with Crippen LogP contribution in [0.2, 0.25) is 0 Å². The molecule has 0 unspecified atom stereocenters. The van der Waals surface area contributed by atoms with Gasteiger partial charge in [0, 0.05) is 37.0 Å². The van der Waals surface area contributed by atoms with Gasteiger partial charge in [-0.3, -0.25) is 4.90 Å². The summed E-state index contributed by atoms with van der Waals surface area (Å²) in [6.45, 7) is 6.70. The van der Waals surface area contributed by atoms with E-state index in [9.17, 15) is 4.39 Å². The van der Waals surface area contributed by atoms with E-state index >= 15 is 0 Å². The molecule has 1 fully saturated rings. The number of piperidine rings is 1. The third-order valence-corrected chi connectivity index (χ3v) is 6.29. The van der Waals surface area contributed by atoms with Gasteiger partial charge in [0.1, 0.15) is 5.82 Å². The molecule has 2 aliphatic rings. The smallest absolute Gasteiger partial charge is 0.170 e. The fourth-order valence-electron chi connectivity index (χ4n) is 4.74. The van der Waals surface area contributed by atoms with Crippen molar-refractivity contribution in [2.24, 2.45) is 0 Å². The largest absolute Gasteiger partial charge is 0.356 e. The van der Waals surface area contributed by atoms with Gasteiger partial charge < -0.3 is 9.42 Å². The van der Waals surface area contributed by atoms with Gasteiger partial charge in [-0.1, -0.05) is 29.4 Å². The van der Waals surface area contributed by atoms with Crippen LogP contribution in [0.25, 0.3) is 11.0 Å². The van der Waals surface area contributed by atoms with E-state index in [0.717, 1.165) is 63.2 Å². The van der Waals surface area contributed by atoms with Gasteiger partial charge in [0.25, 0.3) is 0 Å². The molecular formula is C23H26FN3O. The Hall–Kier alpha value is -2.24. The molecule has 1 aromatic heterocycles. The maximum Gasteiger partial charge on any atom is 0.170 e. The van der Waals surface area contributed by atoms with Gasteiger partial charge in [-0.25, -0.2) is 4.39 Å². The van der Waals surface area contributed by atoms with E-state index in [-0.39, 0.29) is 5.82 Å². The topological polar surface area (TPSA) is 32.5 Å². The first-order chi connectivity index (χ1) is 13.8. The van der Waals surface area contributed by atoms with Crippen molar-refractivity contribution in [1.82, 2.24) is 15.0 Å². The summed E-state index contributed by atoms with van der Waals surface area (Å²) in [6.07, 6.45) is 3.40. The summed E-state index contributed by atoms with van der Waals surface area (Å²) >= 11 is 0. The summed E-state index contributed by atoms with van der Waals surface area (Å²) < 4.78 is 18.7. The normalized spacial score (nSPS) is 18.8. The van der Waals surface area contributed by atoms with Gasteiger partial charge in [0.05, 0.1) is 5.69 Å². The predicted octanol–water partition coefficient (Wildman–Crippen LogP) is 4.55. The molecule has 0 radical (unpaired) electrons. The van der Waals surface area contributed by atoms with Crippen molar-refractivity contribution in [3.8, 4) is 0 Å². The zero-order chi connectivity index (χ0) is 18.9. The van der Waals surface area contributed by atoms with Crippen LogP contribution in [-0.4, -0.2) is 41.1 Å². The lowest BCUT2D eigenvalue weighted by atomic mass is 9.91. The Morgan fingerprint density at radius 1 is 0.964 bits per heavy atom. The van der Waals surface area contributed by atoms with Crippen molar-refractivity contribution in [2.45, 2.75) is 38.3 Å². The minimum Gasteiger partial charge on any atom is -0.356 e. The summed E-state index contributed by atoms with van der Waals surface area (Å²) in [5.74, 6) is 0.141. The molecule has 0 bridgehead atoms. The van der Waals surface area contributed by atoms with Gasteiger partial charge in [0.2, 0.25) is 0 Å². The summed E-state index contributed by atoms with van der Waals surface area (Å²) in [4.78, 5) is 5.12. The second-order valence-corrected chi connectivity index (χ2v) is 8.16. The highest BCUT2D eigenvalue weighted by Gasteiger charge is 2.25. The first kappa shape index (κ1) is 17.8. The van der Waals surface area contributed by atoms with Crippen LogP contribution < -0.4 is 0 Å². The number of hydrogen-bond acceptors (Lipinski definition) is 4. The molecule has 5 rings (SSSR count). The second kappa shape index (κ2) is 7.64. The molecule has 0 atom stereocenters. The summed E-state index contributed by atoms with van der Waals surface area (Å²) in [6, 6.07) is 13.5. The van der Waals surface area contributed by atoms with Gasteiger partial charge in [-0.05, 0) is 62.2 Å². The molecule has 5 heteroatoms. The van der Waals surface area contributed by atoms with Crippen molar-refractivity contribution in [3.63, 3.8) is 0 Å². The zero-order valence-corrected chi connectivity index (χ0v) is 16.1. The number of halogens is 1. The summed E-state index contributed by atoms with van der Waals surface area (Å²) in [5, 5.41) is 5.22. The average Bonchev–Trinajstić information content (AvgIpc) is 3.31. The zero-order valence-electron chi connectivity index (χ0n) is 16.1. The van der Waals surface area contributed by atoms with E-state index in [1.165, 1.54) is 29.7 Å². The van der Waals surface area contributed by atoms with E-state index in [4.69, 9.17) is 4.52 Å². The highest BCUT2D eigenvalue weighted by Crippen LogP contribution is 2.32. The minimum atomic E-state index is -0.272. The molecule has 146 valence electrons. The van der Waals surface area contributed by atoms with Crippen LogP contribution in [0, 0.1) is 5.82 Å². The molecule has 28 heavy (non-hydrogen) atoms. The molecule has 1 saturated heterocycles. The summed E-state index contributed by atoms with van der Waals surface area (Å²) in [5.41, 5.74) is 4.54. The lowest BCUT2D eigenvalue weighted by molar-refractivity contribution is 0.190. The monoisotopic (exact) mass is 379 g/mol. The van der Waals surface area contributed by atoms with Crippen LogP contribution in [0.3, 0.4) is 0 Å². The van der Waals surface area contributed by atoms with Crippen molar-refractivity contribution < 1.29 is 8.91 Å². The van der Waals surface area contributed by atoms with Gasteiger partial charge in [-0.2, -0.15) is 0 Å². The number of hydrogen-bond donors (Lipinski definition) is 0. The Labute approximate surface area is 164 Å². The number of fused-ring (bicyclic) bond motifs is 2. The number of nitrogens with zero attached hydrogens (tertiary/aromatic N) is 3. The molecule has 0 N–H and O–H groups in total. The molecule has 0 amide bonds. The van der Waals surface area contributed by atoms with Crippen LogP contribution in [0.4, 0.5) is 4.39 Å². The van der Waals surface area contributed by atoms with Crippen molar-refractivity contribution in [2.75, 3.05) is 26.2 Å². The number of rotatable bonds is 5. The Morgan fingerprint density at radius 3 is 2.43 bits per heavy atom. The highest BCUT2D eigenvalue weighted by atomic mass is 19.1. The average molecular weight is 379 g/mol. The Balaban J connectivity index is 1.10. The number of benzene rings is 2. The van der Waals surface area contributed by atoms with E-state index in [1.54, 1.807) is 6.07 Å². The van der Waals surface area contributed by atoms with Crippen LogP contribution in [0.5, 0.6) is 0 Å². The molecule has 0 spiro atoms. The molecular weight excluding hydrogens is 353 g/mol. The van der Waals surface area contributed by atoms with Crippen LogP contribution in [-0.2, 0) is 13.1 Å². The van der Waals surface area contributed by atoms with Crippen molar-refractivity contribution in [3.05, 3.63) is 65.1 Å². The lowest BCUT2D eigenvalue weighted by Gasteiger charge is -2.31. The molecule has 2 aromatic carbocycles. The fourth-order valence-corrected chi connectivity index (χ4v) is 4.74. The maximum absolute atomic E-state index is 13.3. The number of aromatic nitrogens is 1. The number of likely N-dealkylation sites (tertiary alicyclic amines) is 1. The minimum absolute atomic E-state index is 0.272. The molecule has 2 aliphatic heterocycles. The Morgan fingerprint density at radius 2 is 1.68 bits per heavy atom. The molecule has 4 nitrogen and oxygen atoms in total. The van der Waals surface area contributed by atoms with Gasteiger partial charge in [0.15, 0.2) is 5.58 Å².